The Labute approximate surface area is 172 Å². The maximum atomic E-state index is 6.06. The number of aliphatic imine (C=N–C) groups is 1. The third-order valence-corrected chi connectivity index (χ3v) is 6.01. The molecule has 1 N–H and O–H groups in total. The lowest BCUT2D eigenvalue weighted by Gasteiger charge is -2.48. The number of ether oxygens (including phenoxy) is 1. The summed E-state index contributed by atoms with van der Waals surface area (Å²) in [6.07, 6.45) is 1.65. The number of amidine groups is 1. The molecule has 0 unspecified atom stereocenters. The van der Waals surface area contributed by atoms with E-state index >= 15 is 0 Å². The minimum Gasteiger partial charge on any atom is -0.375 e. The fraction of sp³-hybridized carbons (Fsp3) is 0.391. The number of hydrogen-bond acceptors (Lipinski definition) is 3. The third-order valence-electron chi connectivity index (χ3n) is 5.73. The molecule has 0 aliphatic carbocycles. The Morgan fingerprint density at radius 3 is 2.36 bits per heavy atom. The topological polar surface area (TPSA) is 36.9 Å². The molecule has 0 amide bonds. The summed E-state index contributed by atoms with van der Waals surface area (Å²) in [5.74, 6) is 0.926. The molecular formula is C23H27N3OS. The van der Waals surface area contributed by atoms with Gasteiger partial charge in [-0.05, 0) is 63.2 Å². The Kier molecular flexibility index (Phi) is 4.76. The molecule has 5 heteroatoms. The van der Waals surface area contributed by atoms with E-state index < -0.39 is 0 Å². The standard InChI is InChI=1S/C23H27N3OS/c1-16-9-8-10-17(2)19(16)24-20-23(13-14-27-22(3,4)15-23)26(21(28)25-20)18-11-6-5-7-12-18/h5-12H,13-15H2,1-4H3,(H,24,25,28)/t23-/m1/s1. The minimum atomic E-state index is -0.338. The first-order chi connectivity index (χ1) is 13.3. The van der Waals surface area contributed by atoms with Crippen LogP contribution in [0.25, 0.3) is 0 Å². The Balaban J connectivity index is 1.81. The van der Waals surface area contributed by atoms with Crippen molar-refractivity contribution in [3.05, 3.63) is 59.7 Å². The number of benzene rings is 2. The SMILES string of the molecule is Cc1cccc(C)c1NC1=NC(=S)N(c2ccccc2)[C@@]12CCOC(C)(C)C2. The zero-order chi connectivity index (χ0) is 19.9. The number of nitrogens with one attached hydrogen (secondary N) is 1. The van der Waals surface area contributed by atoms with E-state index in [2.05, 4.69) is 68.2 Å². The zero-order valence-electron chi connectivity index (χ0n) is 17.0. The van der Waals surface area contributed by atoms with Crippen molar-refractivity contribution in [2.45, 2.75) is 51.7 Å². The molecule has 2 aliphatic heterocycles. The second-order valence-electron chi connectivity index (χ2n) is 8.37. The first-order valence-corrected chi connectivity index (χ1v) is 10.2. The molecular weight excluding hydrogens is 366 g/mol. The van der Waals surface area contributed by atoms with Crippen molar-refractivity contribution in [2.75, 3.05) is 16.8 Å². The van der Waals surface area contributed by atoms with E-state index in [1.165, 1.54) is 11.1 Å². The monoisotopic (exact) mass is 393 g/mol. The molecule has 0 aromatic heterocycles. The molecule has 2 aromatic carbocycles. The largest absolute Gasteiger partial charge is 0.375 e. The number of rotatable bonds is 2. The molecule has 1 spiro atoms. The first-order valence-electron chi connectivity index (χ1n) is 9.78. The summed E-state index contributed by atoms with van der Waals surface area (Å²) >= 11 is 5.77. The number of anilines is 2. The highest BCUT2D eigenvalue weighted by Gasteiger charge is 2.53. The highest BCUT2D eigenvalue weighted by atomic mass is 32.1. The van der Waals surface area contributed by atoms with Gasteiger partial charge in [-0.3, -0.25) is 0 Å². The Morgan fingerprint density at radius 2 is 1.71 bits per heavy atom. The van der Waals surface area contributed by atoms with E-state index in [-0.39, 0.29) is 11.1 Å². The van der Waals surface area contributed by atoms with E-state index in [4.69, 9.17) is 21.9 Å². The summed E-state index contributed by atoms with van der Waals surface area (Å²) in [6.45, 7) is 9.22. The van der Waals surface area contributed by atoms with Gasteiger partial charge in [0.05, 0.1) is 5.60 Å². The van der Waals surface area contributed by atoms with Crippen molar-refractivity contribution in [2.24, 2.45) is 4.99 Å². The van der Waals surface area contributed by atoms with Gasteiger partial charge in [-0.1, -0.05) is 36.4 Å². The molecule has 4 rings (SSSR count). The summed E-state index contributed by atoms with van der Waals surface area (Å²) in [5.41, 5.74) is 4.00. The van der Waals surface area contributed by atoms with Gasteiger partial charge in [0.2, 0.25) is 5.11 Å². The summed E-state index contributed by atoms with van der Waals surface area (Å²) in [5, 5.41) is 4.28. The molecule has 1 atom stereocenters. The fourth-order valence-corrected chi connectivity index (χ4v) is 4.85. The van der Waals surface area contributed by atoms with E-state index in [1.54, 1.807) is 0 Å². The minimum absolute atomic E-state index is 0.255. The van der Waals surface area contributed by atoms with E-state index in [0.29, 0.717) is 11.7 Å². The van der Waals surface area contributed by atoms with Crippen LogP contribution < -0.4 is 10.2 Å². The summed E-state index contributed by atoms with van der Waals surface area (Å²) in [6, 6.07) is 16.7. The van der Waals surface area contributed by atoms with Gasteiger partial charge < -0.3 is 15.0 Å². The van der Waals surface area contributed by atoms with Crippen LogP contribution in [0, 0.1) is 13.8 Å². The lowest BCUT2D eigenvalue weighted by atomic mass is 9.79. The molecule has 4 nitrogen and oxygen atoms in total. The van der Waals surface area contributed by atoms with Crippen molar-refractivity contribution in [3.63, 3.8) is 0 Å². The van der Waals surface area contributed by atoms with Crippen LogP contribution in [-0.4, -0.2) is 28.7 Å². The average molecular weight is 394 g/mol. The van der Waals surface area contributed by atoms with E-state index in [9.17, 15) is 0 Å². The highest BCUT2D eigenvalue weighted by Crippen LogP contribution is 2.44. The van der Waals surface area contributed by atoms with Gasteiger partial charge in [-0.2, -0.15) is 0 Å². The van der Waals surface area contributed by atoms with Crippen molar-refractivity contribution in [3.8, 4) is 0 Å². The highest BCUT2D eigenvalue weighted by molar-refractivity contribution is 7.80. The lowest BCUT2D eigenvalue weighted by Crippen LogP contribution is -2.60. The molecule has 0 saturated carbocycles. The van der Waals surface area contributed by atoms with E-state index in [0.717, 1.165) is 30.1 Å². The molecule has 28 heavy (non-hydrogen) atoms. The third kappa shape index (κ3) is 3.23. The second kappa shape index (κ2) is 6.98. The first kappa shape index (κ1) is 19.1. The molecule has 2 aliphatic rings. The summed E-state index contributed by atoms with van der Waals surface area (Å²) in [4.78, 5) is 7.10. The molecule has 0 radical (unpaired) electrons. The van der Waals surface area contributed by atoms with Gasteiger partial charge in [-0.15, -0.1) is 0 Å². The molecule has 0 bridgehead atoms. The number of nitrogens with zero attached hydrogens (tertiary/aromatic N) is 2. The van der Waals surface area contributed by atoms with E-state index in [1.807, 2.05) is 18.2 Å². The van der Waals surface area contributed by atoms with Gasteiger partial charge in [-0.25, -0.2) is 4.99 Å². The number of thiocarbonyl (C=S) groups is 1. The smallest absolute Gasteiger partial charge is 0.202 e. The molecule has 1 fully saturated rings. The van der Waals surface area contributed by atoms with Crippen LogP contribution in [-0.2, 0) is 4.74 Å². The molecule has 2 aromatic rings. The summed E-state index contributed by atoms with van der Waals surface area (Å²) < 4.78 is 6.06. The van der Waals surface area contributed by atoms with Crippen LogP contribution in [0.5, 0.6) is 0 Å². The quantitative estimate of drug-likeness (QED) is 0.708. The van der Waals surface area contributed by atoms with Gasteiger partial charge in [0.1, 0.15) is 11.4 Å². The van der Waals surface area contributed by atoms with Crippen LogP contribution in [0.3, 0.4) is 0 Å². The Hall–Kier alpha value is -2.24. The number of para-hydroxylation sites is 2. The Morgan fingerprint density at radius 1 is 1.04 bits per heavy atom. The average Bonchev–Trinajstić information content (AvgIpc) is 2.88. The molecule has 2 heterocycles. The molecule has 146 valence electrons. The molecule has 1 saturated heterocycles. The normalized spacial score (nSPS) is 23.8. The lowest BCUT2D eigenvalue weighted by molar-refractivity contribution is -0.0661. The van der Waals surface area contributed by atoms with Crippen LogP contribution >= 0.6 is 12.2 Å². The van der Waals surface area contributed by atoms with Crippen molar-refractivity contribution >= 4 is 34.5 Å². The Bertz CT molecular complexity index is 918. The van der Waals surface area contributed by atoms with Gasteiger partial charge >= 0.3 is 0 Å². The van der Waals surface area contributed by atoms with Crippen LogP contribution in [0.2, 0.25) is 0 Å². The van der Waals surface area contributed by atoms with Crippen molar-refractivity contribution in [1.82, 2.24) is 0 Å². The predicted molar refractivity (Wildman–Crippen MR) is 120 cm³/mol. The second-order valence-corrected chi connectivity index (χ2v) is 8.74. The maximum Gasteiger partial charge on any atom is 0.202 e. The van der Waals surface area contributed by atoms with Crippen LogP contribution in [0.4, 0.5) is 11.4 Å². The van der Waals surface area contributed by atoms with Gasteiger partial charge in [0.15, 0.2) is 0 Å². The summed E-state index contributed by atoms with van der Waals surface area (Å²) in [7, 11) is 0. The number of hydrogen-bond donors (Lipinski definition) is 1. The van der Waals surface area contributed by atoms with Crippen LogP contribution in [0.15, 0.2) is 53.5 Å². The van der Waals surface area contributed by atoms with Crippen molar-refractivity contribution in [1.29, 1.82) is 0 Å². The van der Waals surface area contributed by atoms with Crippen LogP contribution in [0.1, 0.15) is 37.8 Å². The number of aryl methyl sites for hydroxylation is 2. The van der Waals surface area contributed by atoms with Crippen molar-refractivity contribution < 1.29 is 4.74 Å². The maximum absolute atomic E-state index is 6.06. The predicted octanol–water partition coefficient (Wildman–Crippen LogP) is 5.25. The zero-order valence-corrected chi connectivity index (χ0v) is 17.8. The fourth-order valence-electron chi connectivity index (χ4n) is 4.48. The van der Waals surface area contributed by atoms with Gasteiger partial charge in [0.25, 0.3) is 0 Å². The van der Waals surface area contributed by atoms with Gasteiger partial charge in [0, 0.05) is 30.8 Å².